The summed E-state index contributed by atoms with van der Waals surface area (Å²) >= 11 is 1.17. The third-order valence-corrected chi connectivity index (χ3v) is 3.32. The van der Waals surface area contributed by atoms with E-state index in [1.165, 1.54) is 17.8 Å². The van der Waals surface area contributed by atoms with E-state index in [0.29, 0.717) is 10.6 Å². The summed E-state index contributed by atoms with van der Waals surface area (Å²) < 4.78 is 38.7. The van der Waals surface area contributed by atoms with Gasteiger partial charge in [-0.3, -0.25) is 4.79 Å². The highest BCUT2D eigenvalue weighted by molar-refractivity contribution is 7.99. The number of benzene rings is 1. The van der Waals surface area contributed by atoms with Crippen LogP contribution in [0.5, 0.6) is 0 Å². The molecule has 0 aliphatic heterocycles. The molecule has 0 heterocycles. The average Bonchev–Trinajstić information content (AvgIpc) is 2.39. The fourth-order valence-electron chi connectivity index (χ4n) is 1.20. The summed E-state index contributed by atoms with van der Waals surface area (Å²) in [6.45, 7) is -1.58. The Bertz CT molecular complexity index is 435. The third kappa shape index (κ3) is 7.02. The molecular formula is C12H16ClF3N2OS. The Hall–Kier alpha value is -0.920. The van der Waals surface area contributed by atoms with Gasteiger partial charge in [-0.05, 0) is 12.1 Å². The molecule has 0 spiro atoms. The van der Waals surface area contributed by atoms with Crippen LogP contribution in [0.4, 0.5) is 13.2 Å². The molecule has 20 heavy (non-hydrogen) atoms. The molecule has 0 radical (unpaired) electrons. The first-order valence-corrected chi connectivity index (χ1v) is 6.65. The molecular weight excluding hydrogens is 313 g/mol. The molecule has 0 bridgehead atoms. The van der Waals surface area contributed by atoms with Crippen molar-refractivity contribution >= 4 is 30.1 Å². The van der Waals surface area contributed by atoms with Gasteiger partial charge >= 0.3 is 0 Å². The van der Waals surface area contributed by atoms with Crippen molar-refractivity contribution < 1.29 is 18.0 Å². The van der Waals surface area contributed by atoms with Crippen molar-refractivity contribution in [3.63, 3.8) is 0 Å². The molecule has 1 amide bonds. The van der Waals surface area contributed by atoms with Crippen LogP contribution in [0.15, 0.2) is 29.2 Å². The maximum Gasteiger partial charge on any atom is 0.277 e. The van der Waals surface area contributed by atoms with Gasteiger partial charge < -0.3 is 11.1 Å². The number of nitrogens with two attached hydrogens (primary N) is 1. The van der Waals surface area contributed by atoms with E-state index in [4.69, 9.17) is 5.73 Å². The lowest BCUT2D eigenvalue weighted by Crippen LogP contribution is -2.41. The number of halogens is 4. The first-order chi connectivity index (χ1) is 8.94. The summed E-state index contributed by atoms with van der Waals surface area (Å²) in [5, 5.41) is 2.10. The molecule has 0 aromatic heterocycles. The van der Waals surface area contributed by atoms with E-state index in [9.17, 15) is 18.0 Å². The first-order valence-electron chi connectivity index (χ1n) is 5.66. The Morgan fingerprint density at radius 1 is 1.35 bits per heavy atom. The van der Waals surface area contributed by atoms with E-state index < -0.39 is 24.9 Å². The van der Waals surface area contributed by atoms with Gasteiger partial charge in [0.05, 0.1) is 13.1 Å². The van der Waals surface area contributed by atoms with Gasteiger partial charge in [0.1, 0.15) is 5.82 Å². The van der Waals surface area contributed by atoms with Crippen molar-refractivity contribution in [1.29, 1.82) is 0 Å². The van der Waals surface area contributed by atoms with Gasteiger partial charge in [0.15, 0.2) is 0 Å². The Balaban J connectivity index is 0.00000361. The van der Waals surface area contributed by atoms with Gasteiger partial charge in [-0.15, -0.1) is 24.2 Å². The van der Waals surface area contributed by atoms with Crippen molar-refractivity contribution in [2.75, 3.05) is 18.8 Å². The fourth-order valence-corrected chi connectivity index (χ4v) is 2.09. The predicted octanol–water partition coefficient (Wildman–Crippen LogP) is 2.44. The Kier molecular flexibility index (Phi) is 8.68. The summed E-state index contributed by atoms with van der Waals surface area (Å²) in [5.41, 5.74) is 4.84. The zero-order valence-electron chi connectivity index (χ0n) is 10.6. The summed E-state index contributed by atoms with van der Waals surface area (Å²) in [6, 6.07) is 6.18. The van der Waals surface area contributed by atoms with Crippen LogP contribution in [0.3, 0.4) is 0 Å². The van der Waals surface area contributed by atoms with Crippen molar-refractivity contribution in [3.05, 3.63) is 30.1 Å². The highest BCUT2D eigenvalue weighted by Gasteiger charge is 2.26. The average molecular weight is 329 g/mol. The number of thioether (sulfide) groups is 1. The normalized spacial score (nSPS) is 10.8. The molecule has 0 fully saturated rings. The zero-order valence-corrected chi connectivity index (χ0v) is 12.2. The highest BCUT2D eigenvalue weighted by Crippen LogP contribution is 2.21. The van der Waals surface area contributed by atoms with Crippen molar-refractivity contribution in [2.45, 2.75) is 17.2 Å². The summed E-state index contributed by atoms with van der Waals surface area (Å²) in [6.07, 6.45) is 0.0413. The van der Waals surface area contributed by atoms with E-state index in [-0.39, 0.29) is 24.6 Å². The maximum absolute atomic E-state index is 13.2. The second kappa shape index (κ2) is 9.10. The molecule has 0 saturated heterocycles. The Morgan fingerprint density at radius 2 is 2.00 bits per heavy atom. The zero-order chi connectivity index (χ0) is 14.3. The number of hydrogen-bond donors (Lipinski definition) is 2. The van der Waals surface area contributed by atoms with Crippen LogP contribution in [-0.2, 0) is 4.79 Å². The van der Waals surface area contributed by atoms with Gasteiger partial charge in [0, 0.05) is 17.1 Å². The SMILES string of the molecule is Cl.NCC(F)(F)CNC(=O)CCSc1ccccc1F. The molecule has 1 rings (SSSR count). The summed E-state index contributed by atoms with van der Waals surface area (Å²) in [7, 11) is 0. The largest absolute Gasteiger partial charge is 0.350 e. The Labute approximate surface area is 125 Å². The standard InChI is InChI=1S/C12H15F3N2OS.ClH/c13-9-3-1-2-4-10(9)19-6-5-11(18)17-8-12(14,15)7-16;/h1-4H,5-8,16H2,(H,17,18);1H. The van der Waals surface area contributed by atoms with Crippen LogP contribution < -0.4 is 11.1 Å². The quantitative estimate of drug-likeness (QED) is 0.756. The molecule has 0 aliphatic rings. The van der Waals surface area contributed by atoms with Crippen LogP contribution in [0.2, 0.25) is 0 Å². The van der Waals surface area contributed by atoms with Crippen LogP contribution in [-0.4, -0.2) is 30.7 Å². The number of amides is 1. The summed E-state index contributed by atoms with van der Waals surface area (Å²) in [4.78, 5) is 11.7. The minimum atomic E-state index is -3.09. The predicted molar refractivity (Wildman–Crippen MR) is 76.0 cm³/mol. The smallest absolute Gasteiger partial charge is 0.277 e. The van der Waals surface area contributed by atoms with Gasteiger partial charge in [-0.2, -0.15) is 0 Å². The van der Waals surface area contributed by atoms with Crippen LogP contribution in [0, 0.1) is 5.82 Å². The lowest BCUT2D eigenvalue weighted by Gasteiger charge is -2.14. The molecule has 8 heteroatoms. The van der Waals surface area contributed by atoms with Gasteiger partial charge in [-0.25, -0.2) is 13.2 Å². The molecule has 0 saturated carbocycles. The third-order valence-electron chi connectivity index (χ3n) is 2.27. The fraction of sp³-hybridized carbons (Fsp3) is 0.417. The number of hydrogen-bond acceptors (Lipinski definition) is 3. The molecule has 1 aromatic carbocycles. The van der Waals surface area contributed by atoms with E-state index in [1.807, 2.05) is 0 Å². The second-order valence-corrected chi connectivity index (χ2v) is 5.00. The molecule has 0 aliphatic carbocycles. The van der Waals surface area contributed by atoms with Gasteiger partial charge in [0.2, 0.25) is 5.91 Å². The second-order valence-electron chi connectivity index (χ2n) is 3.87. The summed E-state index contributed by atoms with van der Waals surface area (Å²) in [5.74, 6) is -3.63. The van der Waals surface area contributed by atoms with Gasteiger partial charge in [0.25, 0.3) is 5.92 Å². The molecule has 1 aromatic rings. The molecule has 0 unspecified atom stereocenters. The first kappa shape index (κ1) is 19.1. The minimum absolute atomic E-state index is 0. The Morgan fingerprint density at radius 3 is 2.60 bits per heavy atom. The topological polar surface area (TPSA) is 55.1 Å². The molecule has 3 nitrogen and oxygen atoms in total. The number of carbonyl (C=O) groups excluding carboxylic acids is 1. The minimum Gasteiger partial charge on any atom is -0.350 e. The van der Waals surface area contributed by atoms with Crippen molar-refractivity contribution in [2.24, 2.45) is 5.73 Å². The van der Waals surface area contributed by atoms with E-state index in [0.717, 1.165) is 0 Å². The highest BCUT2D eigenvalue weighted by atomic mass is 35.5. The van der Waals surface area contributed by atoms with Crippen LogP contribution >= 0.6 is 24.2 Å². The number of alkyl halides is 2. The number of carbonyl (C=O) groups is 1. The lowest BCUT2D eigenvalue weighted by molar-refractivity contribution is -0.122. The van der Waals surface area contributed by atoms with E-state index in [1.54, 1.807) is 18.2 Å². The molecule has 3 N–H and O–H groups in total. The van der Waals surface area contributed by atoms with Gasteiger partial charge in [-0.1, -0.05) is 12.1 Å². The number of nitrogens with one attached hydrogen (secondary N) is 1. The monoisotopic (exact) mass is 328 g/mol. The van der Waals surface area contributed by atoms with Crippen LogP contribution in [0.25, 0.3) is 0 Å². The molecule has 114 valence electrons. The van der Waals surface area contributed by atoms with E-state index in [2.05, 4.69) is 5.32 Å². The van der Waals surface area contributed by atoms with Crippen molar-refractivity contribution in [3.8, 4) is 0 Å². The maximum atomic E-state index is 13.2. The molecule has 0 atom stereocenters. The number of rotatable bonds is 7. The van der Waals surface area contributed by atoms with Crippen LogP contribution in [0.1, 0.15) is 6.42 Å². The van der Waals surface area contributed by atoms with E-state index >= 15 is 0 Å². The van der Waals surface area contributed by atoms with Crippen molar-refractivity contribution in [1.82, 2.24) is 5.32 Å². The lowest BCUT2D eigenvalue weighted by atomic mass is 10.3.